The van der Waals surface area contributed by atoms with Crippen LogP contribution < -0.4 is 10.1 Å². The van der Waals surface area contributed by atoms with Crippen LogP contribution in [0.1, 0.15) is 60.0 Å². The summed E-state index contributed by atoms with van der Waals surface area (Å²) < 4.78 is 6.54. The molecule has 2 heterocycles. The normalized spacial score (nSPS) is 23.9. The molecule has 3 aliphatic rings. The number of ether oxygens (including phenoxy) is 1. The fourth-order valence-electron chi connectivity index (χ4n) is 5.68. The molecule has 1 N–H and O–H groups in total. The minimum atomic E-state index is -0.458. The number of carbonyl (C=O) groups is 2. The molecular weight excluding hydrogens is 452 g/mol. The van der Waals surface area contributed by atoms with E-state index in [2.05, 4.69) is 28.7 Å². The molecule has 0 aromatic heterocycles. The Morgan fingerprint density at radius 1 is 1.14 bits per heavy atom. The molecule has 5 rings (SSSR count). The molecule has 7 heteroatoms. The molecule has 2 aromatic carbocycles. The van der Waals surface area contributed by atoms with Crippen molar-refractivity contribution >= 4 is 17.5 Å². The third-order valence-corrected chi connectivity index (χ3v) is 7.63. The Hall–Kier alpha value is -3.63. The van der Waals surface area contributed by atoms with Crippen molar-refractivity contribution in [1.82, 2.24) is 15.1 Å². The van der Waals surface area contributed by atoms with E-state index in [-0.39, 0.29) is 24.0 Å². The third kappa shape index (κ3) is 4.87. The van der Waals surface area contributed by atoms with E-state index >= 15 is 0 Å². The van der Waals surface area contributed by atoms with Crippen LogP contribution in [0.3, 0.4) is 0 Å². The molecule has 0 radical (unpaired) electrons. The van der Waals surface area contributed by atoms with Crippen LogP contribution in [0, 0.1) is 6.57 Å². The van der Waals surface area contributed by atoms with Crippen LogP contribution in [0.15, 0.2) is 54.7 Å². The Labute approximate surface area is 212 Å². The number of carbonyl (C=O) groups excluding carboxylic acids is 2. The molecule has 1 aliphatic carbocycles. The predicted octanol–water partition coefficient (Wildman–Crippen LogP) is 4.81. The van der Waals surface area contributed by atoms with Crippen molar-refractivity contribution in [3.63, 3.8) is 0 Å². The van der Waals surface area contributed by atoms with Gasteiger partial charge in [0.05, 0.1) is 6.57 Å². The molecule has 36 heavy (non-hydrogen) atoms. The minimum absolute atomic E-state index is 0.0626. The van der Waals surface area contributed by atoms with Gasteiger partial charge in [-0.05, 0) is 68.5 Å². The maximum atomic E-state index is 13.0. The molecule has 0 spiro atoms. The average molecular weight is 485 g/mol. The summed E-state index contributed by atoms with van der Waals surface area (Å²) in [6.45, 7) is 12.2. The van der Waals surface area contributed by atoms with Crippen LogP contribution in [-0.2, 0) is 17.9 Å². The Morgan fingerprint density at radius 2 is 1.92 bits per heavy atom. The number of rotatable bonds is 6. The first kappa shape index (κ1) is 24.1. The fourth-order valence-corrected chi connectivity index (χ4v) is 5.68. The number of hydrogen-bond donors (Lipinski definition) is 1. The van der Waals surface area contributed by atoms with Gasteiger partial charge in [-0.3, -0.25) is 14.5 Å². The Balaban J connectivity index is 1.27. The maximum absolute atomic E-state index is 13.0. The van der Waals surface area contributed by atoms with E-state index in [1.54, 1.807) is 4.90 Å². The number of piperidine rings is 1. The number of likely N-dealkylation sites (N-methyl/N-ethyl adjacent to an activating group) is 1. The topological polar surface area (TPSA) is 66.2 Å². The van der Waals surface area contributed by atoms with Gasteiger partial charge in [-0.2, -0.15) is 0 Å². The number of nitrogens with one attached hydrogen (secondary N) is 1. The summed E-state index contributed by atoms with van der Waals surface area (Å²) in [5.74, 6) is 0.529. The van der Waals surface area contributed by atoms with Crippen molar-refractivity contribution in [2.75, 3.05) is 7.05 Å². The van der Waals surface area contributed by atoms with E-state index < -0.39 is 6.04 Å². The van der Waals surface area contributed by atoms with Crippen molar-refractivity contribution in [3.8, 4) is 5.75 Å². The number of benzene rings is 2. The van der Waals surface area contributed by atoms with Gasteiger partial charge in [-0.15, -0.1) is 0 Å². The molecule has 2 aliphatic heterocycles. The van der Waals surface area contributed by atoms with Crippen molar-refractivity contribution in [2.24, 2.45) is 0 Å². The molecule has 1 saturated carbocycles. The summed E-state index contributed by atoms with van der Waals surface area (Å²) in [7, 11) is 2.14. The number of fused-ring (bicyclic) bond motifs is 1. The van der Waals surface area contributed by atoms with Gasteiger partial charge in [0.25, 0.3) is 5.91 Å². The zero-order valence-electron chi connectivity index (χ0n) is 20.7. The average Bonchev–Trinajstić information content (AvgIpc) is 3.20. The summed E-state index contributed by atoms with van der Waals surface area (Å²) >= 11 is 0. The molecule has 2 fully saturated rings. The highest BCUT2D eigenvalue weighted by atomic mass is 16.5. The van der Waals surface area contributed by atoms with Gasteiger partial charge >= 0.3 is 0 Å². The lowest BCUT2D eigenvalue weighted by Gasteiger charge is -2.38. The van der Waals surface area contributed by atoms with E-state index in [4.69, 9.17) is 11.3 Å². The molecule has 0 bridgehead atoms. The summed E-state index contributed by atoms with van der Waals surface area (Å²) in [4.78, 5) is 33.0. The zero-order valence-corrected chi connectivity index (χ0v) is 20.7. The molecule has 1 saturated heterocycles. The van der Waals surface area contributed by atoms with Crippen LogP contribution in [-0.4, -0.2) is 46.8 Å². The third-order valence-electron chi connectivity index (χ3n) is 7.63. The number of hydrogen-bond acceptors (Lipinski definition) is 4. The van der Waals surface area contributed by atoms with Crippen LogP contribution in [0.4, 0.5) is 5.69 Å². The lowest BCUT2D eigenvalue weighted by Crippen LogP contribution is -2.49. The zero-order chi connectivity index (χ0) is 25.2. The second-order valence-electron chi connectivity index (χ2n) is 10.1. The van der Waals surface area contributed by atoms with Crippen LogP contribution >= 0.6 is 0 Å². The Bertz CT molecular complexity index is 1220. The van der Waals surface area contributed by atoms with Crippen molar-refractivity contribution < 1.29 is 14.3 Å². The lowest BCUT2D eigenvalue weighted by atomic mass is 9.91. The van der Waals surface area contributed by atoms with Gasteiger partial charge in [-0.25, -0.2) is 4.85 Å². The van der Waals surface area contributed by atoms with Gasteiger partial charge in [0, 0.05) is 30.4 Å². The summed E-state index contributed by atoms with van der Waals surface area (Å²) in [6, 6.07) is 13.3. The molecular formula is C29H32N4O3. The van der Waals surface area contributed by atoms with Gasteiger partial charge in [0.2, 0.25) is 5.91 Å². The van der Waals surface area contributed by atoms with Crippen molar-refractivity contribution in [2.45, 2.75) is 69.8 Å². The van der Waals surface area contributed by atoms with E-state index in [1.807, 2.05) is 42.5 Å². The van der Waals surface area contributed by atoms with Gasteiger partial charge < -0.3 is 15.0 Å². The number of amides is 2. The smallest absolute Gasteiger partial charge is 0.255 e. The fraction of sp³-hybridized carbons (Fsp3) is 0.414. The number of allylic oxidation sites excluding steroid dienone is 1. The van der Waals surface area contributed by atoms with Crippen LogP contribution in [0.5, 0.6) is 5.75 Å². The second kappa shape index (κ2) is 10.2. The summed E-state index contributed by atoms with van der Waals surface area (Å²) in [5.41, 5.74) is 4.11. The van der Waals surface area contributed by atoms with E-state index in [9.17, 15) is 9.59 Å². The molecule has 2 amide bonds. The van der Waals surface area contributed by atoms with Gasteiger partial charge in [0.1, 0.15) is 17.9 Å². The monoisotopic (exact) mass is 484 g/mol. The first-order chi connectivity index (χ1) is 17.4. The maximum Gasteiger partial charge on any atom is 0.255 e. The van der Waals surface area contributed by atoms with Crippen molar-refractivity contribution in [1.29, 1.82) is 0 Å². The molecule has 3 unspecified atom stereocenters. The summed E-state index contributed by atoms with van der Waals surface area (Å²) in [5, 5.41) is 2.79. The van der Waals surface area contributed by atoms with Gasteiger partial charge in [-0.1, -0.05) is 37.3 Å². The van der Waals surface area contributed by atoms with Crippen LogP contribution in [0.2, 0.25) is 0 Å². The Kier molecular flexibility index (Phi) is 6.80. The quantitative estimate of drug-likeness (QED) is 0.598. The largest absolute Gasteiger partial charge is 0.489 e. The van der Waals surface area contributed by atoms with Crippen LogP contribution in [0.25, 0.3) is 4.85 Å². The van der Waals surface area contributed by atoms with E-state index in [0.29, 0.717) is 36.3 Å². The molecule has 186 valence electrons. The highest BCUT2D eigenvalue weighted by Crippen LogP contribution is 2.33. The highest BCUT2D eigenvalue weighted by Gasteiger charge is 2.38. The Morgan fingerprint density at radius 3 is 2.67 bits per heavy atom. The first-order valence-corrected chi connectivity index (χ1v) is 12.7. The number of nitrogens with zero attached hydrogens (tertiary/aromatic N) is 3. The van der Waals surface area contributed by atoms with Gasteiger partial charge in [0.15, 0.2) is 5.69 Å². The van der Waals surface area contributed by atoms with E-state index in [0.717, 1.165) is 37.1 Å². The SMILES string of the molecule is [C-]#[N+]c1ccc(CN(C)C2CCCCC2Oc2ccc3c(c2)CN(C2CCC(=C)NC2=O)C3=O)cc1. The minimum Gasteiger partial charge on any atom is -0.489 e. The first-order valence-electron chi connectivity index (χ1n) is 12.7. The lowest BCUT2D eigenvalue weighted by molar-refractivity contribution is -0.126. The molecule has 2 aromatic rings. The standard InChI is InChI=1S/C29H32N4O3/c1-19-8-15-26(28(34)31-19)33-18-21-16-23(13-14-24(21)29(33)35)36-27-7-5-4-6-25(27)32(3)17-20-9-11-22(30-2)12-10-20/h9-14,16,25-27H,1,4-8,15,17-18H2,3H3,(H,31,34). The van der Waals surface area contributed by atoms with E-state index in [1.165, 1.54) is 12.0 Å². The molecule has 3 atom stereocenters. The molecule has 7 nitrogen and oxygen atoms in total. The summed E-state index contributed by atoms with van der Waals surface area (Å²) in [6.07, 6.45) is 5.71. The van der Waals surface area contributed by atoms with Crippen molar-refractivity contribution in [3.05, 3.63) is 82.8 Å². The highest BCUT2D eigenvalue weighted by molar-refractivity contribution is 6.01. The predicted molar refractivity (Wildman–Crippen MR) is 137 cm³/mol. The second-order valence-corrected chi connectivity index (χ2v) is 10.1.